The number of rotatable bonds is 6. The number of carbonyl (C=O) groups excluding carboxylic acids is 1. The number of anilines is 2. The van der Waals surface area contributed by atoms with Crippen molar-refractivity contribution in [3.05, 3.63) is 77.0 Å². The summed E-state index contributed by atoms with van der Waals surface area (Å²) < 4.78 is 32.4. The Hall–Kier alpha value is -3.90. The summed E-state index contributed by atoms with van der Waals surface area (Å²) in [5, 5.41) is 15.6. The molecule has 0 fully saturated rings. The van der Waals surface area contributed by atoms with E-state index >= 15 is 0 Å². The Bertz CT molecular complexity index is 1240. The zero-order chi connectivity index (χ0) is 21.7. The first kappa shape index (κ1) is 20.8. The van der Waals surface area contributed by atoms with Gasteiger partial charge in [0.1, 0.15) is 11.6 Å². The first-order valence-corrected chi connectivity index (χ1v) is 10.3. The second kappa shape index (κ2) is 8.63. The van der Waals surface area contributed by atoms with Crippen molar-refractivity contribution in [2.45, 2.75) is 18.7 Å². The molecule has 8 nitrogen and oxygen atoms in total. The van der Waals surface area contributed by atoms with E-state index in [1.54, 1.807) is 38.1 Å². The fourth-order valence-electron chi connectivity index (χ4n) is 2.47. The number of amides is 1. The average molecular weight is 422 g/mol. The molecule has 0 aliphatic heterocycles. The second-order valence-corrected chi connectivity index (χ2v) is 8.07. The molecule has 1 amide bonds. The molecular formula is C21H18N4O4S. The third kappa shape index (κ3) is 4.74. The van der Waals surface area contributed by atoms with Gasteiger partial charge in [0.25, 0.3) is 15.9 Å². The van der Waals surface area contributed by atoms with Crippen LogP contribution in [-0.2, 0) is 14.8 Å². The van der Waals surface area contributed by atoms with E-state index in [9.17, 15) is 18.5 Å². The zero-order valence-corrected chi connectivity index (χ0v) is 17.0. The Morgan fingerprint density at radius 1 is 1.10 bits per heavy atom. The van der Waals surface area contributed by atoms with Gasteiger partial charge in [0.15, 0.2) is 0 Å². The summed E-state index contributed by atoms with van der Waals surface area (Å²) >= 11 is 0. The topological polar surface area (TPSA) is 125 Å². The Morgan fingerprint density at radius 3 is 2.33 bits per heavy atom. The predicted molar refractivity (Wildman–Crippen MR) is 112 cm³/mol. The number of hydrogen-bond donors (Lipinski definition) is 2. The number of nitrogens with zero attached hydrogens (tertiary/aromatic N) is 2. The van der Waals surface area contributed by atoms with Gasteiger partial charge in [0.05, 0.1) is 10.6 Å². The number of nitrogens with one attached hydrogen (secondary N) is 2. The fourth-order valence-corrected chi connectivity index (χ4v) is 3.52. The number of hydrogen-bond acceptors (Lipinski definition) is 6. The van der Waals surface area contributed by atoms with E-state index in [0.717, 1.165) is 5.56 Å². The molecule has 2 N–H and O–H groups in total. The van der Waals surface area contributed by atoms with Gasteiger partial charge >= 0.3 is 0 Å². The average Bonchev–Trinajstić information content (AvgIpc) is 3.04. The highest BCUT2D eigenvalue weighted by Gasteiger charge is 2.19. The molecule has 3 aromatic rings. The SMILES string of the molecule is Cc1noc(NS(=O)(=O)c2ccc(NC(=O)/C(C#N)=C/c3ccccc3)cc2)c1C. The standard InChI is InChI=1S/C21H18N4O4S/c1-14-15(2)24-29-21(14)25-30(27,28)19-10-8-18(9-11-19)23-20(26)17(13-22)12-16-6-4-3-5-7-16/h3-12,25H,1-2H3,(H,23,26)/b17-12+. The van der Waals surface area contributed by atoms with E-state index in [-0.39, 0.29) is 16.4 Å². The van der Waals surface area contributed by atoms with Crippen LogP contribution in [0.25, 0.3) is 6.08 Å². The lowest BCUT2D eigenvalue weighted by Gasteiger charge is -2.08. The van der Waals surface area contributed by atoms with Gasteiger partial charge in [-0.1, -0.05) is 35.5 Å². The lowest BCUT2D eigenvalue weighted by atomic mass is 10.1. The number of aromatic nitrogens is 1. The Labute approximate surface area is 173 Å². The molecule has 3 rings (SSSR count). The number of sulfonamides is 1. The van der Waals surface area contributed by atoms with Crippen LogP contribution in [0.3, 0.4) is 0 Å². The van der Waals surface area contributed by atoms with Gasteiger partial charge in [0.2, 0.25) is 5.88 Å². The van der Waals surface area contributed by atoms with E-state index in [1.807, 2.05) is 12.1 Å². The molecule has 30 heavy (non-hydrogen) atoms. The van der Waals surface area contributed by atoms with Crippen LogP contribution in [0.15, 0.2) is 69.6 Å². The molecule has 0 saturated heterocycles. The molecule has 1 aromatic heterocycles. The van der Waals surface area contributed by atoms with Crippen molar-refractivity contribution < 1.29 is 17.7 Å². The van der Waals surface area contributed by atoms with Crippen molar-refractivity contribution in [2.75, 3.05) is 10.0 Å². The lowest BCUT2D eigenvalue weighted by molar-refractivity contribution is -0.112. The molecule has 0 atom stereocenters. The normalized spacial score (nSPS) is 11.6. The molecule has 9 heteroatoms. The molecule has 2 aromatic carbocycles. The zero-order valence-electron chi connectivity index (χ0n) is 16.2. The lowest BCUT2D eigenvalue weighted by Crippen LogP contribution is -2.15. The quantitative estimate of drug-likeness (QED) is 0.461. The van der Waals surface area contributed by atoms with Crippen molar-refractivity contribution >= 4 is 33.6 Å². The molecule has 0 spiro atoms. The molecule has 0 bridgehead atoms. The van der Waals surface area contributed by atoms with Crippen LogP contribution in [0.5, 0.6) is 0 Å². The van der Waals surface area contributed by atoms with Crippen molar-refractivity contribution in [1.82, 2.24) is 5.16 Å². The minimum Gasteiger partial charge on any atom is -0.337 e. The largest absolute Gasteiger partial charge is 0.337 e. The molecule has 0 aliphatic carbocycles. The van der Waals surface area contributed by atoms with Gasteiger partial charge in [-0.25, -0.2) is 13.1 Å². The first-order valence-electron chi connectivity index (χ1n) is 8.84. The van der Waals surface area contributed by atoms with Crippen molar-refractivity contribution in [2.24, 2.45) is 0 Å². The third-order valence-electron chi connectivity index (χ3n) is 4.28. The predicted octanol–water partition coefficient (Wildman–Crippen LogP) is 3.64. The van der Waals surface area contributed by atoms with Crippen LogP contribution >= 0.6 is 0 Å². The van der Waals surface area contributed by atoms with Gasteiger partial charge in [-0.05, 0) is 49.8 Å². The highest BCUT2D eigenvalue weighted by molar-refractivity contribution is 7.92. The number of aryl methyl sites for hydroxylation is 1. The van der Waals surface area contributed by atoms with Crippen LogP contribution in [0.4, 0.5) is 11.6 Å². The van der Waals surface area contributed by atoms with Crippen molar-refractivity contribution in [3.63, 3.8) is 0 Å². The van der Waals surface area contributed by atoms with Crippen molar-refractivity contribution in [3.8, 4) is 6.07 Å². The van der Waals surface area contributed by atoms with Crippen LogP contribution in [0.1, 0.15) is 16.8 Å². The monoisotopic (exact) mass is 422 g/mol. The minimum atomic E-state index is -3.89. The summed E-state index contributed by atoms with van der Waals surface area (Å²) in [4.78, 5) is 12.3. The van der Waals surface area contributed by atoms with E-state index in [4.69, 9.17) is 4.52 Å². The maximum absolute atomic E-state index is 12.5. The maximum Gasteiger partial charge on any atom is 0.266 e. The number of nitriles is 1. The summed E-state index contributed by atoms with van der Waals surface area (Å²) in [7, 11) is -3.89. The fraction of sp³-hybridized carbons (Fsp3) is 0.0952. The molecule has 0 aliphatic rings. The van der Waals surface area contributed by atoms with Gasteiger partial charge < -0.3 is 9.84 Å². The Morgan fingerprint density at radius 2 is 1.77 bits per heavy atom. The highest BCUT2D eigenvalue weighted by Crippen LogP contribution is 2.22. The molecule has 0 unspecified atom stereocenters. The van der Waals surface area contributed by atoms with Gasteiger partial charge in [-0.3, -0.25) is 4.79 Å². The second-order valence-electron chi connectivity index (χ2n) is 6.39. The molecule has 152 valence electrons. The molecule has 0 radical (unpaired) electrons. The van der Waals surface area contributed by atoms with E-state index < -0.39 is 15.9 Å². The van der Waals surface area contributed by atoms with Crippen LogP contribution < -0.4 is 10.0 Å². The van der Waals surface area contributed by atoms with Crippen LogP contribution in [-0.4, -0.2) is 19.5 Å². The van der Waals surface area contributed by atoms with Gasteiger partial charge in [-0.2, -0.15) is 5.26 Å². The minimum absolute atomic E-state index is 0.0192. The number of benzene rings is 2. The van der Waals surface area contributed by atoms with Gasteiger partial charge in [0, 0.05) is 11.3 Å². The first-order chi connectivity index (χ1) is 14.3. The summed E-state index contributed by atoms with van der Waals surface area (Å²) in [6.45, 7) is 3.40. The summed E-state index contributed by atoms with van der Waals surface area (Å²) in [6, 6.07) is 16.4. The summed E-state index contributed by atoms with van der Waals surface area (Å²) in [5.41, 5.74) is 2.17. The number of carbonyl (C=O) groups is 1. The Kier molecular flexibility index (Phi) is 5.99. The van der Waals surface area contributed by atoms with Crippen LogP contribution in [0.2, 0.25) is 0 Å². The maximum atomic E-state index is 12.5. The highest BCUT2D eigenvalue weighted by atomic mass is 32.2. The molecule has 0 saturated carbocycles. The van der Waals surface area contributed by atoms with E-state index in [0.29, 0.717) is 16.9 Å². The smallest absolute Gasteiger partial charge is 0.266 e. The Balaban J connectivity index is 1.74. The molecule has 1 heterocycles. The van der Waals surface area contributed by atoms with Crippen LogP contribution in [0, 0.1) is 25.2 Å². The molecular weight excluding hydrogens is 404 g/mol. The summed E-state index contributed by atoms with van der Waals surface area (Å²) in [6.07, 6.45) is 1.47. The van der Waals surface area contributed by atoms with Crippen molar-refractivity contribution in [1.29, 1.82) is 5.26 Å². The van der Waals surface area contributed by atoms with Gasteiger partial charge in [-0.15, -0.1) is 0 Å². The van der Waals surface area contributed by atoms with E-state index in [1.165, 1.54) is 30.3 Å². The summed E-state index contributed by atoms with van der Waals surface area (Å²) in [5.74, 6) is -0.544. The van der Waals surface area contributed by atoms with E-state index in [2.05, 4.69) is 15.2 Å². The third-order valence-corrected chi connectivity index (χ3v) is 5.63.